The minimum absolute atomic E-state index is 0.789. The van der Waals surface area contributed by atoms with Crippen molar-refractivity contribution >= 4 is 20.9 Å². The zero-order chi connectivity index (χ0) is 28.7. The highest BCUT2D eigenvalue weighted by molar-refractivity contribution is 6.48. The van der Waals surface area contributed by atoms with E-state index in [1.54, 1.807) is 6.08 Å². The number of fused-ring (bicyclic) bond motifs is 3. The van der Waals surface area contributed by atoms with Crippen LogP contribution in [0.5, 0.6) is 23.0 Å². The first-order chi connectivity index (χ1) is 20.1. The number of ether oxygens (including phenoxy) is 3. The van der Waals surface area contributed by atoms with Crippen molar-refractivity contribution in [1.29, 1.82) is 0 Å². The fourth-order valence-electron chi connectivity index (χ4n) is 4.41. The third-order valence-corrected chi connectivity index (χ3v) is 6.50. The van der Waals surface area contributed by atoms with Crippen LogP contribution in [0, 0.1) is 12.3 Å². The lowest BCUT2D eigenvalue weighted by Gasteiger charge is -2.17. The molecule has 0 saturated carbocycles. The lowest BCUT2D eigenvalue weighted by Crippen LogP contribution is -2.08. The Morgan fingerprint density at radius 1 is 0.732 bits per heavy atom. The van der Waals surface area contributed by atoms with Crippen molar-refractivity contribution in [2.75, 3.05) is 26.4 Å². The molecule has 0 atom stereocenters. The van der Waals surface area contributed by atoms with E-state index in [-0.39, 0.29) is 0 Å². The fourth-order valence-corrected chi connectivity index (χ4v) is 4.41. The summed E-state index contributed by atoms with van der Waals surface area (Å²) in [6.07, 6.45) is 13.8. The monoisotopic (exact) mass is 553 g/mol. The van der Waals surface area contributed by atoms with Crippen molar-refractivity contribution in [1.82, 2.24) is 0 Å². The highest BCUT2D eigenvalue weighted by Gasteiger charge is 2.14. The van der Waals surface area contributed by atoms with E-state index < -0.39 is 7.12 Å². The topological polar surface area (TPSA) is 86.6 Å². The summed E-state index contributed by atoms with van der Waals surface area (Å²) in [4.78, 5) is 0. The van der Waals surface area contributed by atoms with Gasteiger partial charge in [0, 0.05) is 18.8 Å². The molecule has 9 heteroatoms. The second-order valence-electron chi connectivity index (χ2n) is 9.61. The molecule has 0 unspecified atom stereocenters. The van der Waals surface area contributed by atoms with E-state index in [9.17, 15) is 0 Å². The Hall–Kier alpha value is -3.83. The number of terminal acetylenes is 1. The predicted molar refractivity (Wildman–Crippen MR) is 161 cm³/mol. The molecule has 1 saturated heterocycles. The molecule has 3 aromatic rings. The molecule has 211 valence electrons. The molecule has 0 bridgehead atoms. The molecule has 41 heavy (non-hydrogen) atoms. The third-order valence-electron chi connectivity index (χ3n) is 6.50. The predicted octanol–water partition coefficient (Wildman–Crippen LogP) is 4.82. The van der Waals surface area contributed by atoms with E-state index in [4.69, 9.17) is 40.0 Å². The summed E-state index contributed by atoms with van der Waals surface area (Å²) >= 11 is 0. The number of hydrogen-bond acceptors (Lipinski definition) is 7. The van der Waals surface area contributed by atoms with Crippen LogP contribution < -0.4 is 18.8 Å². The Kier molecular flexibility index (Phi) is 12.1. The maximum atomic E-state index is 8.70. The van der Waals surface area contributed by atoms with E-state index in [1.165, 1.54) is 37.6 Å². The van der Waals surface area contributed by atoms with Crippen LogP contribution in [-0.2, 0) is 17.6 Å². The molecule has 4 aliphatic rings. The van der Waals surface area contributed by atoms with E-state index in [0.717, 1.165) is 86.2 Å². The van der Waals surface area contributed by atoms with Gasteiger partial charge in [0.05, 0.1) is 13.2 Å². The van der Waals surface area contributed by atoms with Gasteiger partial charge in [0.15, 0.2) is 0 Å². The van der Waals surface area contributed by atoms with Crippen molar-refractivity contribution in [3.05, 3.63) is 88.9 Å². The minimum Gasteiger partial charge on any atom is -0.524 e. The molecule has 1 fully saturated rings. The average Bonchev–Trinajstić information content (AvgIpc) is 3.76. The van der Waals surface area contributed by atoms with Crippen LogP contribution in [0.2, 0.25) is 0 Å². The SMILES string of the molecule is C#Cc1ccc2c(c1)CCCO2.C1CCOC1.OB(O)/C=C/c1ccc2c(c1)CCCO2.[B]1Oc2ccccc2O1. The number of rotatable bonds is 2. The summed E-state index contributed by atoms with van der Waals surface area (Å²) in [5, 5.41) is 17.4. The third kappa shape index (κ3) is 9.94. The minimum atomic E-state index is -1.39. The Bertz CT molecular complexity index is 1290. The summed E-state index contributed by atoms with van der Waals surface area (Å²) in [5.41, 5.74) is 4.35. The largest absolute Gasteiger partial charge is 0.658 e. The standard InChI is InChI=1S/C11H13BO3.C11H10O.C6H4BO2.C4H8O/c13-12(14)6-5-9-3-4-11-10(8-9)2-1-7-15-11;1-2-9-5-6-11-10(8-9)4-3-7-12-11;1-2-4-6-5(3-1)8-7-9-6;1-2-4-5-3-1/h3-6,8,13-14H,1-2,7H2;1,5-6,8H,3-4,7H2;1-4H;1-4H2/b6-5+;;;. The lowest BCUT2D eigenvalue weighted by molar-refractivity contribution is 0.198. The van der Waals surface area contributed by atoms with Crippen LogP contribution >= 0.6 is 0 Å². The van der Waals surface area contributed by atoms with Crippen LogP contribution in [0.3, 0.4) is 0 Å². The fraction of sp³-hybridized carbons (Fsp3) is 0.312. The molecule has 7 rings (SSSR count). The first-order valence-corrected chi connectivity index (χ1v) is 14.0. The molecule has 1 radical (unpaired) electrons. The summed E-state index contributed by atoms with van der Waals surface area (Å²) in [6.45, 7) is 3.62. The van der Waals surface area contributed by atoms with Gasteiger partial charge in [-0.25, -0.2) is 0 Å². The Labute approximate surface area is 243 Å². The number of hydrogen-bond donors (Lipinski definition) is 2. The van der Waals surface area contributed by atoms with E-state index in [2.05, 4.69) is 5.92 Å². The van der Waals surface area contributed by atoms with Gasteiger partial charge in [-0.3, -0.25) is 0 Å². The first-order valence-electron chi connectivity index (χ1n) is 14.0. The van der Waals surface area contributed by atoms with Gasteiger partial charge in [-0.15, -0.1) is 6.42 Å². The maximum Gasteiger partial charge on any atom is 0.658 e. The highest BCUT2D eigenvalue weighted by Crippen LogP contribution is 2.29. The quantitative estimate of drug-likeness (QED) is 0.348. The van der Waals surface area contributed by atoms with E-state index in [0.29, 0.717) is 0 Å². The van der Waals surface area contributed by atoms with Crippen molar-refractivity contribution in [2.45, 2.75) is 38.5 Å². The summed E-state index contributed by atoms with van der Waals surface area (Å²) in [7, 11) is -0.0673. The first kappa shape index (κ1) is 30.1. The molecule has 3 aromatic carbocycles. The molecule has 4 heterocycles. The molecule has 4 aliphatic heterocycles. The summed E-state index contributed by atoms with van der Waals surface area (Å²) in [5.74, 6) is 7.49. The van der Waals surface area contributed by atoms with Gasteiger partial charge >= 0.3 is 14.8 Å². The zero-order valence-electron chi connectivity index (χ0n) is 23.2. The molecular formula is C32H35B2O7. The normalized spacial score (nSPS) is 15.3. The van der Waals surface area contributed by atoms with Crippen molar-refractivity contribution < 1.29 is 33.6 Å². The summed E-state index contributed by atoms with van der Waals surface area (Å²) < 4.78 is 25.8. The second kappa shape index (κ2) is 16.4. The zero-order valence-corrected chi connectivity index (χ0v) is 23.2. The van der Waals surface area contributed by atoms with Crippen LogP contribution in [0.4, 0.5) is 0 Å². The van der Waals surface area contributed by atoms with Gasteiger partial charge in [0.2, 0.25) is 0 Å². The van der Waals surface area contributed by atoms with Gasteiger partial charge in [-0.1, -0.05) is 36.2 Å². The Morgan fingerprint density at radius 3 is 1.90 bits per heavy atom. The average molecular weight is 553 g/mol. The van der Waals surface area contributed by atoms with E-state index in [1.807, 2.05) is 60.7 Å². The molecule has 0 aromatic heterocycles. The number of para-hydroxylation sites is 2. The Morgan fingerprint density at radius 2 is 1.34 bits per heavy atom. The molecular weight excluding hydrogens is 518 g/mol. The van der Waals surface area contributed by atoms with Crippen molar-refractivity contribution in [3.8, 4) is 35.3 Å². The number of aryl methyl sites for hydroxylation is 2. The van der Waals surface area contributed by atoms with Gasteiger partial charge in [-0.2, -0.15) is 0 Å². The van der Waals surface area contributed by atoms with Gasteiger partial charge in [-0.05, 0) is 97.7 Å². The lowest BCUT2D eigenvalue weighted by atomic mass is 9.90. The smallest absolute Gasteiger partial charge is 0.524 e. The molecule has 0 spiro atoms. The number of benzene rings is 3. The second-order valence-corrected chi connectivity index (χ2v) is 9.61. The van der Waals surface area contributed by atoms with Crippen LogP contribution in [-0.4, -0.2) is 51.3 Å². The van der Waals surface area contributed by atoms with Crippen molar-refractivity contribution in [2.24, 2.45) is 0 Å². The van der Waals surface area contributed by atoms with Gasteiger partial charge in [0.25, 0.3) is 0 Å². The molecule has 0 aliphatic carbocycles. The van der Waals surface area contributed by atoms with Crippen LogP contribution in [0.1, 0.15) is 47.9 Å². The van der Waals surface area contributed by atoms with Gasteiger partial charge in [0.1, 0.15) is 23.0 Å². The van der Waals surface area contributed by atoms with E-state index >= 15 is 0 Å². The molecule has 7 nitrogen and oxygen atoms in total. The van der Waals surface area contributed by atoms with Crippen LogP contribution in [0.15, 0.2) is 66.6 Å². The summed E-state index contributed by atoms with van der Waals surface area (Å²) in [6, 6.07) is 19.3. The highest BCUT2D eigenvalue weighted by atomic mass is 16.6. The van der Waals surface area contributed by atoms with Gasteiger partial charge < -0.3 is 33.6 Å². The molecule has 0 amide bonds. The van der Waals surface area contributed by atoms with Crippen molar-refractivity contribution in [3.63, 3.8) is 0 Å². The molecule has 2 N–H and O–H groups in total. The maximum absolute atomic E-state index is 8.70. The Balaban J connectivity index is 0.000000133. The van der Waals surface area contributed by atoms with Crippen LogP contribution in [0.25, 0.3) is 6.08 Å².